The van der Waals surface area contributed by atoms with E-state index >= 15 is 0 Å². The molecule has 0 atom stereocenters. The van der Waals surface area contributed by atoms with E-state index in [1.165, 1.54) is 32.7 Å². The van der Waals surface area contributed by atoms with Crippen LogP contribution in [0.2, 0.25) is 0 Å². The molecule has 3 aromatic heterocycles. The number of rotatable bonds is 3. The Morgan fingerprint density at radius 1 is 0.264 bits per heavy atom. The number of fused-ring (bicyclic) bond motifs is 11. The van der Waals surface area contributed by atoms with Crippen molar-refractivity contribution < 1.29 is 13.3 Å². The average Bonchev–Trinajstić information content (AvgIpc) is 3.91. The molecule has 3 heterocycles. The average molecular weight is 677 g/mol. The van der Waals surface area contributed by atoms with Gasteiger partial charge in [-0.1, -0.05) is 133 Å². The molecule has 0 aliphatic carbocycles. The summed E-state index contributed by atoms with van der Waals surface area (Å²) in [6.45, 7) is 0. The second-order valence-electron chi connectivity index (χ2n) is 13.9. The van der Waals surface area contributed by atoms with Gasteiger partial charge in [-0.25, -0.2) is 0 Å². The summed E-state index contributed by atoms with van der Waals surface area (Å²) in [5.41, 5.74) is 12.1. The minimum Gasteiger partial charge on any atom is -0.456 e. The third-order valence-electron chi connectivity index (χ3n) is 11.1. The van der Waals surface area contributed by atoms with E-state index in [4.69, 9.17) is 13.3 Å². The lowest BCUT2D eigenvalue weighted by Crippen LogP contribution is -1.92. The first kappa shape index (κ1) is 28.6. The highest BCUT2D eigenvalue weighted by Gasteiger charge is 2.24. The van der Waals surface area contributed by atoms with Gasteiger partial charge in [-0.3, -0.25) is 0 Å². The van der Waals surface area contributed by atoms with Gasteiger partial charge in [-0.2, -0.15) is 0 Å². The largest absolute Gasteiger partial charge is 0.456 e. The van der Waals surface area contributed by atoms with Crippen LogP contribution in [0.3, 0.4) is 0 Å². The van der Waals surface area contributed by atoms with Crippen molar-refractivity contribution in [3.8, 4) is 33.4 Å². The Kier molecular flexibility index (Phi) is 5.77. The van der Waals surface area contributed by atoms with Gasteiger partial charge in [-0.05, 0) is 74.6 Å². The zero-order valence-corrected chi connectivity index (χ0v) is 28.4. The number of hydrogen-bond acceptors (Lipinski definition) is 3. The molecular formula is C50H28O3. The molecule has 0 aliphatic heterocycles. The Labute approximate surface area is 302 Å². The molecule has 0 unspecified atom stereocenters. The highest BCUT2D eigenvalue weighted by atomic mass is 16.3. The monoisotopic (exact) mass is 676 g/mol. The molecule has 3 nitrogen and oxygen atoms in total. The summed E-state index contributed by atoms with van der Waals surface area (Å²) in [6, 6.07) is 60.1. The molecule has 0 fully saturated rings. The topological polar surface area (TPSA) is 39.4 Å². The summed E-state index contributed by atoms with van der Waals surface area (Å²) >= 11 is 0. The van der Waals surface area contributed by atoms with Crippen LogP contribution in [0.4, 0.5) is 0 Å². The minimum atomic E-state index is 0.868. The summed E-state index contributed by atoms with van der Waals surface area (Å²) < 4.78 is 19.7. The van der Waals surface area contributed by atoms with Crippen LogP contribution in [-0.2, 0) is 0 Å². The van der Waals surface area contributed by atoms with Crippen molar-refractivity contribution in [1.29, 1.82) is 0 Å². The van der Waals surface area contributed by atoms with E-state index in [0.717, 1.165) is 88.1 Å². The third-order valence-corrected chi connectivity index (χ3v) is 11.1. The van der Waals surface area contributed by atoms with Crippen LogP contribution in [0.25, 0.3) is 121 Å². The van der Waals surface area contributed by atoms with Gasteiger partial charge in [0.25, 0.3) is 0 Å². The lowest BCUT2D eigenvalue weighted by atomic mass is 9.84. The van der Waals surface area contributed by atoms with Crippen LogP contribution in [0.15, 0.2) is 183 Å². The van der Waals surface area contributed by atoms with Crippen LogP contribution in [-0.4, -0.2) is 0 Å². The molecule has 246 valence electrons. The van der Waals surface area contributed by atoms with E-state index in [-0.39, 0.29) is 0 Å². The molecule has 0 saturated heterocycles. The summed E-state index contributed by atoms with van der Waals surface area (Å²) in [5.74, 6) is 0. The summed E-state index contributed by atoms with van der Waals surface area (Å²) in [4.78, 5) is 0. The first-order valence-corrected chi connectivity index (χ1v) is 18.0. The van der Waals surface area contributed by atoms with Gasteiger partial charge >= 0.3 is 0 Å². The van der Waals surface area contributed by atoms with Crippen LogP contribution in [0.1, 0.15) is 0 Å². The van der Waals surface area contributed by atoms with Gasteiger partial charge in [0.15, 0.2) is 0 Å². The Bertz CT molecular complexity index is 3410. The molecular weight excluding hydrogens is 649 g/mol. The Balaban J connectivity index is 1.18. The highest BCUT2D eigenvalue weighted by molar-refractivity contribution is 6.28. The Morgan fingerprint density at radius 3 is 1.42 bits per heavy atom. The molecule has 0 bridgehead atoms. The molecule has 0 radical (unpaired) electrons. The standard InChI is InChI=1S/C50H28O3/c1-3-16-35-33(14-1)46(34-15-2-4-17-36(34)47(35)40-20-11-19-37-31-12-5-9-22-43(31)52-49(37)40)39-26-25-30(50-48(39)38-18-7-10-23-44(38)53-50)29-24-27-45-41(28-29)32-13-6-8-21-42(32)51-45/h1-28H. The van der Waals surface area contributed by atoms with Gasteiger partial charge in [0, 0.05) is 49.0 Å². The fraction of sp³-hybridized carbons (Fsp3) is 0. The molecule has 0 spiro atoms. The number of hydrogen-bond donors (Lipinski definition) is 0. The smallest absolute Gasteiger partial charge is 0.143 e. The van der Waals surface area contributed by atoms with Crippen molar-refractivity contribution in [2.75, 3.05) is 0 Å². The molecule has 12 rings (SSSR count). The number of benzene rings is 9. The number of para-hydroxylation sites is 4. The summed E-state index contributed by atoms with van der Waals surface area (Å²) in [5, 5.41) is 11.4. The lowest BCUT2D eigenvalue weighted by Gasteiger charge is -2.19. The zero-order valence-electron chi connectivity index (χ0n) is 28.4. The first-order chi connectivity index (χ1) is 26.3. The van der Waals surface area contributed by atoms with Gasteiger partial charge in [0.2, 0.25) is 0 Å². The van der Waals surface area contributed by atoms with Crippen molar-refractivity contribution >= 4 is 87.4 Å². The van der Waals surface area contributed by atoms with E-state index in [1.54, 1.807) is 0 Å². The maximum absolute atomic E-state index is 6.84. The maximum atomic E-state index is 6.84. The van der Waals surface area contributed by atoms with Crippen molar-refractivity contribution in [3.63, 3.8) is 0 Å². The summed E-state index contributed by atoms with van der Waals surface area (Å²) in [6.07, 6.45) is 0. The molecule has 12 aromatic rings. The normalized spacial score (nSPS) is 12.2. The maximum Gasteiger partial charge on any atom is 0.143 e. The van der Waals surface area contributed by atoms with E-state index in [1.807, 2.05) is 24.3 Å². The van der Waals surface area contributed by atoms with Crippen molar-refractivity contribution in [2.45, 2.75) is 0 Å². The predicted octanol–water partition coefficient (Wildman–Crippen LogP) is 14.7. The fourth-order valence-corrected chi connectivity index (χ4v) is 8.81. The molecule has 0 N–H and O–H groups in total. The Hall–Kier alpha value is -7.10. The second kappa shape index (κ2) is 10.7. The molecule has 0 saturated carbocycles. The lowest BCUT2D eigenvalue weighted by molar-refractivity contribution is 0.668. The van der Waals surface area contributed by atoms with Crippen LogP contribution in [0, 0.1) is 0 Å². The number of furan rings is 3. The molecule has 0 aliphatic rings. The second-order valence-corrected chi connectivity index (χ2v) is 13.9. The molecule has 3 heteroatoms. The van der Waals surface area contributed by atoms with Crippen LogP contribution >= 0.6 is 0 Å². The third kappa shape index (κ3) is 3.99. The van der Waals surface area contributed by atoms with E-state index in [9.17, 15) is 0 Å². The molecule has 9 aromatic carbocycles. The molecule has 0 amide bonds. The fourth-order valence-electron chi connectivity index (χ4n) is 8.81. The van der Waals surface area contributed by atoms with Gasteiger partial charge in [0.05, 0.1) is 0 Å². The van der Waals surface area contributed by atoms with Crippen LogP contribution in [0.5, 0.6) is 0 Å². The van der Waals surface area contributed by atoms with E-state index < -0.39 is 0 Å². The quantitative estimate of drug-likeness (QED) is 0.175. The van der Waals surface area contributed by atoms with Crippen LogP contribution < -0.4 is 0 Å². The van der Waals surface area contributed by atoms with Crippen molar-refractivity contribution in [3.05, 3.63) is 170 Å². The Morgan fingerprint density at radius 2 is 0.736 bits per heavy atom. The van der Waals surface area contributed by atoms with Gasteiger partial charge < -0.3 is 13.3 Å². The first-order valence-electron chi connectivity index (χ1n) is 18.0. The highest BCUT2D eigenvalue weighted by Crippen LogP contribution is 2.50. The predicted molar refractivity (Wildman–Crippen MR) is 220 cm³/mol. The van der Waals surface area contributed by atoms with E-state index in [2.05, 4.69) is 146 Å². The van der Waals surface area contributed by atoms with Crippen molar-refractivity contribution in [2.24, 2.45) is 0 Å². The van der Waals surface area contributed by atoms with Gasteiger partial charge in [-0.15, -0.1) is 0 Å². The summed E-state index contributed by atoms with van der Waals surface area (Å²) in [7, 11) is 0. The van der Waals surface area contributed by atoms with Gasteiger partial charge in [0.1, 0.15) is 33.5 Å². The van der Waals surface area contributed by atoms with E-state index in [0.29, 0.717) is 0 Å². The van der Waals surface area contributed by atoms with Crippen molar-refractivity contribution in [1.82, 2.24) is 0 Å². The SMILES string of the molecule is c1ccc2c(c1)oc1ccc(-c3ccc(-c4c5ccccc5c(-c5cccc6c5oc5ccccc56)c5ccccc45)c4c3oc3ccccc34)cc12. The molecule has 53 heavy (non-hydrogen) atoms. The minimum absolute atomic E-state index is 0.868. The zero-order chi connectivity index (χ0) is 34.6.